The van der Waals surface area contributed by atoms with Crippen LogP contribution >= 0.6 is 0 Å². The summed E-state index contributed by atoms with van der Waals surface area (Å²) in [6.07, 6.45) is 3.94. The smallest absolute Gasteiger partial charge is 0.295 e. The normalized spacial score (nSPS) is 22.3. The number of methoxy groups -OCH3 is 1. The molecule has 1 N–H and O–H groups in total. The average molecular weight is 156 g/mol. The van der Waals surface area contributed by atoms with Gasteiger partial charge in [-0.1, -0.05) is 0 Å². The van der Waals surface area contributed by atoms with Crippen molar-refractivity contribution in [3.63, 3.8) is 0 Å². The van der Waals surface area contributed by atoms with Crippen LogP contribution in [0.15, 0.2) is 24.0 Å². The second-order valence-electron chi connectivity index (χ2n) is 1.99. The van der Waals surface area contributed by atoms with Crippen molar-refractivity contribution in [2.24, 2.45) is 0 Å². The fraction of sp³-hybridized carbons (Fsp3) is 0.333. The van der Waals surface area contributed by atoms with E-state index in [4.69, 9.17) is 4.74 Å². The fourth-order valence-corrected chi connectivity index (χ4v) is 0.808. The molecular weight excluding hydrogens is 148 g/mol. The Labute approximate surface area is 63.5 Å². The fourth-order valence-electron chi connectivity index (χ4n) is 0.808. The molecule has 60 valence electrons. The maximum Gasteiger partial charge on any atom is 0.295 e. The van der Waals surface area contributed by atoms with Crippen LogP contribution in [0.5, 0.6) is 0 Å². The summed E-state index contributed by atoms with van der Waals surface area (Å²) in [5.74, 6) is 0. The van der Waals surface area contributed by atoms with Crippen molar-refractivity contribution < 1.29 is 9.66 Å². The highest BCUT2D eigenvalue weighted by molar-refractivity contribution is 5.14. The van der Waals surface area contributed by atoms with E-state index in [9.17, 15) is 10.1 Å². The first-order chi connectivity index (χ1) is 5.25. The number of ether oxygens (including phenoxy) is 1. The third kappa shape index (κ3) is 1.56. The van der Waals surface area contributed by atoms with Gasteiger partial charge >= 0.3 is 0 Å². The number of hydrogen-bond donors (Lipinski definition) is 1. The van der Waals surface area contributed by atoms with E-state index < -0.39 is 11.2 Å². The maximum absolute atomic E-state index is 10.3. The average Bonchev–Trinajstić information content (AvgIpc) is 2.04. The Morgan fingerprint density at radius 2 is 2.55 bits per heavy atom. The standard InChI is InChI=1S/C6H8N2O3/c1-11-6-5(8(9)10)3-2-4-7-6/h2-4,6-7H,1H3. The predicted molar refractivity (Wildman–Crippen MR) is 38.2 cm³/mol. The molecule has 1 heterocycles. The van der Waals surface area contributed by atoms with Gasteiger partial charge in [0.15, 0.2) is 0 Å². The van der Waals surface area contributed by atoms with Gasteiger partial charge in [0.25, 0.3) is 5.70 Å². The maximum atomic E-state index is 10.3. The van der Waals surface area contributed by atoms with Crippen molar-refractivity contribution >= 4 is 0 Å². The number of nitrogens with zero attached hydrogens (tertiary/aromatic N) is 1. The SMILES string of the molecule is COC1NC=CC=C1[N+](=O)[O-]. The molecule has 1 aliphatic rings. The minimum absolute atomic E-state index is 0.0231. The van der Waals surface area contributed by atoms with Crippen LogP contribution < -0.4 is 5.32 Å². The third-order valence-electron chi connectivity index (χ3n) is 1.33. The van der Waals surface area contributed by atoms with Crippen LogP contribution in [0.3, 0.4) is 0 Å². The first-order valence-electron chi connectivity index (χ1n) is 3.05. The summed E-state index contributed by atoms with van der Waals surface area (Å²) >= 11 is 0. The van der Waals surface area contributed by atoms with E-state index in [1.165, 1.54) is 13.2 Å². The molecule has 5 nitrogen and oxygen atoms in total. The molecule has 0 bridgehead atoms. The number of nitro groups is 1. The van der Waals surface area contributed by atoms with E-state index in [1.807, 2.05) is 0 Å². The molecule has 1 atom stereocenters. The lowest BCUT2D eigenvalue weighted by Gasteiger charge is -2.14. The Morgan fingerprint density at radius 1 is 1.82 bits per heavy atom. The Hall–Kier alpha value is -1.36. The minimum Gasteiger partial charge on any atom is -0.357 e. The molecule has 0 aromatic rings. The topological polar surface area (TPSA) is 64.4 Å². The van der Waals surface area contributed by atoms with Crippen molar-refractivity contribution in [3.8, 4) is 0 Å². The number of dihydropyridines is 1. The lowest BCUT2D eigenvalue weighted by Crippen LogP contribution is -2.33. The van der Waals surface area contributed by atoms with Crippen molar-refractivity contribution in [3.05, 3.63) is 34.2 Å². The van der Waals surface area contributed by atoms with Crippen molar-refractivity contribution in [1.29, 1.82) is 0 Å². The van der Waals surface area contributed by atoms with E-state index in [0.29, 0.717) is 0 Å². The van der Waals surface area contributed by atoms with E-state index in [2.05, 4.69) is 5.32 Å². The van der Waals surface area contributed by atoms with Crippen LogP contribution in [-0.2, 0) is 4.74 Å². The van der Waals surface area contributed by atoms with Crippen LogP contribution in [0.1, 0.15) is 0 Å². The molecule has 0 spiro atoms. The molecule has 1 aliphatic heterocycles. The monoisotopic (exact) mass is 156 g/mol. The van der Waals surface area contributed by atoms with Gasteiger partial charge in [0.2, 0.25) is 6.23 Å². The molecule has 0 aromatic carbocycles. The Bertz CT molecular complexity index is 222. The summed E-state index contributed by atoms with van der Waals surface area (Å²) in [5.41, 5.74) is 0.0231. The molecule has 1 rings (SSSR count). The van der Waals surface area contributed by atoms with Crippen molar-refractivity contribution in [2.75, 3.05) is 7.11 Å². The molecule has 0 fully saturated rings. The summed E-state index contributed by atoms with van der Waals surface area (Å²) in [5, 5.41) is 13.0. The second kappa shape index (κ2) is 3.16. The Morgan fingerprint density at radius 3 is 3.00 bits per heavy atom. The molecular formula is C6H8N2O3. The number of hydrogen-bond acceptors (Lipinski definition) is 4. The van der Waals surface area contributed by atoms with Crippen LogP contribution in [0, 0.1) is 10.1 Å². The van der Waals surface area contributed by atoms with Crippen LogP contribution in [0.2, 0.25) is 0 Å². The van der Waals surface area contributed by atoms with E-state index in [-0.39, 0.29) is 5.70 Å². The highest BCUT2D eigenvalue weighted by atomic mass is 16.6. The van der Waals surface area contributed by atoms with Crippen LogP contribution in [0.25, 0.3) is 0 Å². The van der Waals surface area contributed by atoms with Gasteiger partial charge in [-0.2, -0.15) is 0 Å². The zero-order chi connectivity index (χ0) is 8.27. The van der Waals surface area contributed by atoms with Crippen LogP contribution in [0.4, 0.5) is 0 Å². The number of allylic oxidation sites excluding steroid dienone is 2. The van der Waals surface area contributed by atoms with Crippen molar-refractivity contribution in [2.45, 2.75) is 6.23 Å². The van der Waals surface area contributed by atoms with Gasteiger partial charge in [-0.15, -0.1) is 0 Å². The zero-order valence-electron chi connectivity index (χ0n) is 5.98. The molecule has 0 aromatic heterocycles. The molecule has 0 radical (unpaired) electrons. The summed E-state index contributed by atoms with van der Waals surface area (Å²) in [4.78, 5) is 9.84. The van der Waals surface area contributed by atoms with Gasteiger partial charge in [-0.3, -0.25) is 10.1 Å². The second-order valence-corrected chi connectivity index (χ2v) is 1.99. The van der Waals surface area contributed by atoms with E-state index >= 15 is 0 Å². The zero-order valence-corrected chi connectivity index (χ0v) is 5.98. The summed E-state index contributed by atoms with van der Waals surface area (Å²) in [6, 6.07) is 0. The Balaban J connectivity index is 2.78. The van der Waals surface area contributed by atoms with Gasteiger partial charge in [0.05, 0.1) is 4.92 Å². The van der Waals surface area contributed by atoms with E-state index in [1.54, 1.807) is 12.3 Å². The minimum atomic E-state index is -0.630. The molecule has 0 aliphatic carbocycles. The molecule has 0 saturated heterocycles. The first-order valence-corrected chi connectivity index (χ1v) is 3.05. The third-order valence-corrected chi connectivity index (χ3v) is 1.33. The van der Waals surface area contributed by atoms with Gasteiger partial charge in [-0.05, 0) is 12.3 Å². The molecule has 0 saturated carbocycles. The number of rotatable bonds is 2. The van der Waals surface area contributed by atoms with Crippen LogP contribution in [-0.4, -0.2) is 18.3 Å². The van der Waals surface area contributed by atoms with Gasteiger partial charge in [-0.25, -0.2) is 0 Å². The highest BCUT2D eigenvalue weighted by Gasteiger charge is 2.23. The highest BCUT2D eigenvalue weighted by Crippen LogP contribution is 2.07. The largest absolute Gasteiger partial charge is 0.357 e. The molecule has 1 unspecified atom stereocenters. The summed E-state index contributed by atoms with van der Waals surface area (Å²) in [6.45, 7) is 0. The van der Waals surface area contributed by atoms with Crippen molar-refractivity contribution in [1.82, 2.24) is 5.32 Å². The van der Waals surface area contributed by atoms with Gasteiger partial charge < -0.3 is 10.1 Å². The van der Waals surface area contributed by atoms with Gasteiger partial charge in [0.1, 0.15) is 0 Å². The Kier molecular flexibility index (Phi) is 2.22. The summed E-state index contributed by atoms with van der Waals surface area (Å²) < 4.78 is 4.79. The lowest BCUT2D eigenvalue weighted by molar-refractivity contribution is -0.437. The summed E-state index contributed by atoms with van der Waals surface area (Å²) in [7, 11) is 1.41. The molecule has 11 heavy (non-hydrogen) atoms. The lowest BCUT2D eigenvalue weighted by atomic mass is 10.3. The molecule has 5 heteroatoms. The number of nitrogens with one attached hydrogen (secondary N) is 1. The predicted octanol–water partition coefficient (Wildman–Crippen LogP) is 0.236. The molecule has 0 amide bonds. The van der Waals surface area contributed by atoms with Gasteiger partial charge in [0, 0.05) is 13.2 Å². The quantitative estimate of drug-likeness (QED) is 0.459. The first kappa shape index (κ1) is 7.74. The van der Waals surface area contributed by atoms with E-state index in [0.717, 1.165) is 0 Å².